The molecule has 0 heterocycles. The maximum absolute atomic E-state index is 12.7. The number of hydrogen-bond donors (Lipinski definition) is 2. The molecule has 32 heavy (non-hydrogen) atoms. The van der Waals surface area contributed by atoms with Gasteiger partial charge in [0.15, 0.2) is 0 Å². The molecule has 1 atom stereocenters. The van der Waals surface area contributed by atoms with E-state index in [4.69, 9.17) is 0 Å². The van der Waals surface area contributed by atoms with E-state index < -0.39 is 16.1 Å². The first-order valence-electron chi connectivity index (χ1n) is 10.6. The number of likely N-dealkylation sites (N-methyl/N-ethyl adjacent to an activating group) is 1. The maximum Gasteiger partial charge on any atom is 0.218 e. The lowest BCUT2D eigenvalue weighted by Crippen LogP contribution is -2.47. The van der Waals surface area contributed by atoms with Crippen LogP contribution in [0.2, 0.25) is 0 Å². The van der Waals surface area contributed by atoms with E-state index in [0.717, 1.165) is 10.9 Å². The molecule has 0 saturated heterocycles. The van der Waals surface area contributed by atoms with E-state index in [-0.39, 0.29) is 17.8 Å². The molecule has 172 valence electrons. The van der Waals surface area contributed by atoms with Crippen molar-refractivity contribution in [3.05, 3.63) is 82.3 Å². The molecule has 0 radical (unpaired) electrons. The fourth-order valence-corrected chi connectivity index (χ4v) is 5.59. The lowest BCUT2D eigenvalue weighted by Gasteiger charge is -2.29. The van der Waals surface area contributed by atoms with Crippen LogP contribution in [0.4, 0.5) is 0 Å². The van der Waals surface area contributed by atoms with Gasteiger partial charge in [0.2, 0.25) is 10.0 Å². The summed E-state index contributed by atoms with van der Waals surface area (Å²) in [5.74, 6) is -0.113. The van der Waals surface area contributed by atoms with Crippen molar-refractivity contribution >= 4 is 36.7 Å². The quantitative estimate of drug-likeness (QED) is 0.418. The molecule has 0 aliphatic carbocycles. The molecule has 0 saturated carbocycles. The Morgan fingerprint density at radius 2 is 1.69 bits per heavy atom. The Morgan fingerprint density at radius 3 is 2.41 bits per heavy atom. The Balaban J connectivity index is 1.54. The Hall–Kier alpha value is -1.77. The molecule has 0 bridgehead atoms. The second kappa shape index (κ2) is 10.4. The summed E-state index contributed by atoms with van der Waals surface area (Å²) in [7, 11) is -2.03. The van der Waals surface area contributed by atoms with Crippen molar-refractivity contribution in [2.24, 2.45) is 0 Å². The Kier molecular flexibility index (Phi) is 8.11. The zero-order chi connectivity index (χ0) is 23.4. The summed E-state index contributed by atoms with van der Waals surface area (Å²) < 4.78 is 27.4. The normalized spacial score (nSPS) is 13.6. The highest BCUT2D eigenvalue weighted by molar-refractivity contribution is 9.10. The predicted octanol–water partition coefficient (Wildman–Crippen LogP) is 4.34. The molecule has 3 aromatic carbocycles. The van der Waals surface area contributed by atoms with Gasteiger partial charge in [0, 0.05) is 30.1 Å². The largest absolute Gasteiger partial charge is 0.390 e. The van der Waals surface area contributed by atoms with Crippen LogP contribution in [0.25, 0.3) is 10.8 Å². The highest BCUT2D eigenvalue weighted by atomic mass is 79.9. The lowest BCUT2D eigenvalue weighted by molar-refractivity contribution is 0.139. The second-order valence-electron chi connectivity index (χ2n) is 8.91. The average Bonchev–Trinajstić information content (AvgIpc) is 2.73. The van der Waals surface area contributed by atoms with Crippen molar-refractivity contribution in [1.29, 1.82) is 0 Å². The Bertz CT molecular complexity index is 1160. The Labute approximate surface area is 199 Å². The minimum absolute atomic E-state index is 0.0336. The van der Waals surface area contributed by atoms with E-state index in [1.165, 1.54) is 27.7 Å². The molecule has 0 aliphatic heterocycles. The molecular formula is C25H31BrN2O3S. The van der Waals surface area contributed by atoms with Crippen molar-refractivity contribution in [3.63, 3.8) is 0 Å². The summed E-state index contributed by atoms with van der Waals surface area (Å²) in [5.41, 5.74) is 1.66. The summed E-state index contributed by atoms with van der Waals surface area (Å²) >= 11 is 3.39. The number of fused-ring (bicyclic) bond motifs is 1. The third kappa shape index (κ3) is 6.86. The van der Waals surface area contributed by atoms with Gasteiger partial charge in [-0.15, -0.1) is 0 Å². The fourth-order valence-electron chi connectivity index (χ4n) is 3.71. The lowest BCUT2D eigenvalue weighted by atomic mass is 9.93. The van der Waals surface area contributed by atoms with Crippen molar-refractivity contribution in [1.82, 2.24) is 9.62 Å². The molecular weight excluding hydrogens is 488 g/mol. The standard InChI is InChI=1S/C25H31BrN2O3S/c1-25(2,15-19-12-13-20-8-4-5-9-21(20)14-19)27-16-23(29)17-28(3)32(30,31)18-22-10-6-7-11-24(22)26/h4-14,23,27,29H,15-18H2,1-3H3/t23-/m1/s1. The number of rotatable bonds is 10. The third-order valence-corrected chi connectivity index (χ3v) is 8.06. The number of sulfonamides is 1. The first-order chi connectivity index (χ1) is 15.1. The van der Waals surface area contributed by atoms with Crippen molar-refractivity contribution in [2.75, 3.05) is 20.1 Å². The number of halogens is 1. The van der Waals surface area contributed by atoms with Crippen LogP contribution in [0.3, 0.4) is 0 Å². The maximum atomic E-state index is 12.7. The van der Waals surface area contributed by atoms with Gasteiger partial charge in [0.1, 0.15) is 0 Å². The van der Waals surface area contributed by atoms with Gasteiger partial charge in [0.05, 0.1) is 11.9 Å². The molecule has 0 aromatic heterocycles. The van der Waals surface area contributed by atoms with Crippen LogP contribution in [0.5, 0.6) is 0 Å². The first kappa shape index (κ1) is 24.9. The molecule has 0 unspecified atom stereocenters. The Morgan fingerprint density at radius 1 is 1.03 bits per heavy atom. The second-order valence-corrected chi connectivity index (χ2v) is 11.8. The van der Waals surface area contributed by atoms with E-state index in [2.05, 4.69) is 65.4 Å². The van der Waals surface area contributed by atoms with E-state index in [1.807, 2.05) is 30.3 Å². The van der Waals surface area contributed by atoms with E-state index in [1.54, 1.807) is 6.07 Å². The monoisotopic (exact) mass is 518 g/mol. The number of β-amino-alcohol motifs (C(OH)–C–C–N with tert-alkyl or cyclic N) is 1. The highest BCUT2D eigenvalue weighted by Gasteiger charge is 2.24. The SMILES string of the molecule is CN(C[C@H](O)CNC(C)(C)Cc1ccc2ccccc2c1)S(=O)(=O)Cc1ccccc1Br. The van der Waals surface area contributed by atoms with Crippen LogP contribution >= 0.6 is 15.9 Å². The van der Waals surface area contributed by atoms with Crippen LogP contribution in [-0.2, 0) is 22.2 Å². The van der Waals surface area contributed by atoms with Crippen LogP contribution in [0.15, 0.2) is 71.2 Å². The zero-order valence-corrected chi connectivity index (χ0v) is 21.2. The molecule has 7 heteroatoms. The number of aliphatic hydroxyl groups excluding tert-OH is 1. The molecule has 3 rings (SSSR count). The molecule has 0 spiro atoms. The van der Waals surface area contributed by atoms with Gasteiger partial charge in [-0.2, -0.15) is 0 Å². The van der Waals surface area contributed by atoms with Crippen molar-refractivity contribution in [3.8, 4) is 0 Å². The average molecular weight is 520 g/mol. The predicted molar refractivity (Wildman–Crippen MR) is 135 cm³/mol. The van der Waals surface area contributed by atoms with E-state index in [0.29, 0.717) is 12.1 Å². The van der Waals surface area contributed by atoms with Gasteiger partial charge in [-0.3, -0.25) is 0 Å². The minimum Gasteiger partial charge on any atom is -0.390 e. The molecule has 0 aliphatic rings. The van der Waals surface area contributed by atoms with Crippen molar-refractivity contribution < 1.29 is 13.5 Å². The zero-order valence-electron chi connectivity index (χ0n) is 18.8. The van der Waals surface area contributed by atoms with Gasteiger partial charge in [-0.1, -0.05) is 76.6 Å². The number of nitrogens with zero attached hydrogens (tertiary/aromatic N) is 1. The molecule has 0 amide bonds. The van der Waals surface area contributed by atoms with Gasteiger partial charge < -0.3 is 10.4 Å². The van der Waals surface area contributed by atoms with Gasteiger partial charge in [-0.25, -0.2) is 12.7 Å². The topological polar surface area (TPSA) is 69.6 Å². The van der Waals surface area contributed by atoms with Crippen LogP contribution in [0.1, 0.15) is 25.0 Å². The number of nitrogens with one attached hydrogen (secondary N) is 1. The number of benzene rings is 3. The van der Waals surface area contributed by atoms with Crippen LogP contribution < -0.4 is 5.32 Å². The van der Waals surface area contributed by atoms with Gasteiger partial charge in [-0.05, 0) is 48.2 Å². The number of hydrogen-bond acceptors (Lipinski definition) is 4. The molecule has 0 fully saturated rings. The van der Waals surface area contributed by atoms with Crippen molar-refractivity contribution in [2.45, 2.75) is 37.7 Å². The molecule has 2 N–H and O–H groups in total. The van der Waals surface area contributed by atoms with Crippen LogP contribution in [0, 0.1) is 0 Å². The molecule has 5 nitrogen and oxygen atoms in total. The number of aliphatic hydroxyl groups is 1. The summed E-state index contributed by atoms with van der Waals surface area (Å²) in [6.45, 7) is 4.51. The van der Waals surface area contributed by atoms with Gasteiger partial charge in [0.25, 0.3) is 0 Å². The highest BCUT2D eigenvalue weighted by Crippen LogP contribution is 2.21. The summed E-state index contributed by atoms with van der Waals surface area (Å²) in [6.07, 6.45) is -0.0226. The summed E-state index contributed by atoms with van der Waals surface area (Å²) in [5, 5.41) is 16.3. The van der Waals surface area contributed by atoms with Crippen LogP contribution in [-0.4, -0.2) is 49.6 Å². The first-order valence-corrected chi connectivity index (χ1v) is 13.0. The summed E-state index contributed by atoms with van der Waals surface area (Å²) in [4.78, 5) is 0. The third-order valence-electron chi connectivity index (χ3n) is 5.51. The minimum atomic E-state index is -3.54. The summed E-state index contributed by atoms with van der Waals surface area (Å²) in [6, 6.07) is 22.0. The smallest absolute Gasteiger partial charge is 0.218 e. The van der Waals surface area contributed by atoms with E-state index in [9.17, 15) is 13.5 Å². The fraction of sp³-hybridized carbons (Fsp3) is 0.360. The van der Waals surface area contributed by atoms with E-state index >= 15 is 0 Å². The molecule has 3 aromatic rings. The van der Waals surface area contributed by atoms with Gasteiger partial charge >= 0.3 is 0 Å².